The molecule has 2 aromatic rings. The molecular formula is C21H18Cl2F3N3. The van der Waals surface area contributed by atoms with Gasteiger partial charge >= 0.3 is 6.18 Å². The molecule has 2 atom stereocenters. The normalized spacial score (nSPS) is 28.4. The highest BCUT2D eigenvalue weighted by Crippen LogP contribution is 2.47. The number of rotatable bonds is 2. The Morgan fingerprint density at radius 2 is 1.62 bits per heavy atom. The van der Waals surface area contributed by atoms with Gasteiger partial charge in [-0.15, -0.1) is 0 Å². The van der Waals surface area contributed by atoms with E-state index in [-0.39, 0.29) is 12.1 Å². The van der Waals surface area contributed by atoms with Gasteiger partial charge in [-0.25, -0.2) is 0 Å². The van der Waals surface area contributed by atoms with Crippen LogP contribution >= 0.6 is 23.2 Å². The number of alkyl halides is 3. The van der Waals surface area contributed by atoms with E-state index in [1.165, 1.54) is 0 Å². The van der Waals surface area contributed by atoms with Crippen LogP contribution in [0.2, 0.25) is 10.0 Å². The SMILES string of the molecule is FC(F)(F)c1ccc([C@@H]2[C@H]3C(=NN2c2cc(Cl)ccc2Cl)C2CCN3CC2)cc1. The molecule has 3 nitrogen and oxygen atoms in total. The molecule has 2 aromatic carbocycles. The highest BCUT2D eigenvalue weighted by atomic mass is 35.5. The lowest BCUT2D eigenvalue weighted by atomic mass is 9.78. The van der Waals surface area contributed by atoms with E-state index in [9.17, 15) is 13.2 Å². The van der Waals surface area contributed by atoms with Gasteiger partial charge in [0.1, 0.15) is 0 Å². The van der Waals surface area contributed by atoms with Crippen molar-refractivity contribution >= 4 is 34.6 Å². The standard InChI is InChI=1S/C21H18Cl2F3N3/c22-15-5-6-16(23)17(11-15)29-19(13-1-3-14(4-2-13)21(24,25)26)20-18(27-29)12-7-9-28(20)10-8-12/h1-6,11-12,19-20H,7-10H2/t19-,20-/m1/s1. The average Bonchev–Trinajstić information content (AvgIpc) is 3.12. The summed E-state index contributed by atoms with van der Waals surface area (Å²) in [6, 6.07) is 10.4. The topological polar surface area (TPSA) is 18.8 Å². The Balaban J connectivity index is 1.61. The number of hydrazone groups is 1. The first-order valence-corrected chi connectivity index (χ1v) is 10.3. The van der Waals surface area contributed by atoms with Crippen molar-refractivity contribution in [1.29, 1.82) is 0 Å². The Kier molecular flexibility index (Phi) is 4.57. The molecule has 8 heteroatoms. The molecule has 152 valence electrons. The fourth-order valence-electron chi connectivity index (χ4n) is 4.78. The molecule has 3 saturated heterocycles. The summed E-state index contributed by atoms with van der Waals surface area (Å²) in [7, 11) is 0. The fraction of sp³-hybridized carbons (Fsp3) is 0.381. The van der Waals surface area contributed by atoms with Gasteiger partial charge < -0.3 is 0 Å². The predicted molar refractivity (Wildman–Crippen MR) is 109 cm³/mol. The van der Waals surface area contributed by atoms with Crippen LogP contribution in [0.3, 0.4) is 0 Å². The number of nitrogens with zero attached hydrogens (tertiary/aromatic N) is 3. The van der Waals surface area contributed by atoms with Crippen LogP contribution in [-0.4, -0.2) is 29.7 Å². The molecule has 0 aliphatic carbocycles. The first-order chi connectivity index (χ1) is 13.8. The lowest BCUT2D eigenvalue weighted by Gasteiger charge is -2.46. The maximum absolute atomic E-state index is 13.1. The predicted octanol–water partition coefficient (Wildman–Crippen LogP) is 6.02. The Hall–Kier alpha value is -1.76. The van der Waals surface area contributed by atoms with E-state index in [0.717, 1.165) is 49.3 Å². The second kappa shape index (κ2) is 6.89. The van der Waals surface area contributed by atoms with Gasteiger partial charge in [0.2, 0.25) is 0 Å². The molecule has 2 bridgehead atoms. The molecule has 0 radical (unpaired) electrons. The highest BCUT2D eigenvalue weighted by molar-refractivity contribution is 6.35. The Morgan fingerprint density at radius 3 is 2.28 bits per heavy atom. The monoisotopic (exact) mass is 439 g/mol. The maximum Gasteiger partial charge on any atom is 0.416 e. The van der Waals surface area contributed by atoms with E-state index in [1.54, 1.807) is 30.3 Å². The zero-order valence-electron chi connectivity index (χ0n) is 15.3. The number of halogens is 5. The largest absolute Gasteiger partial charge is 0.416 e. The van der Waals surface area contributed by atoms with Crippen LogP contribution in [-0.2, 0) is 6.18 Å². The molecule has 0 N–H and O–H groups in total. The number of piperidine rings is 3. The molecule has 0 unspecified atom stereocenters. The third kappa shape index (κ3) is 3.22. The van der Waals surface area contributed by atoms with E-state index in [1.807, 2.05) is 5.01 Å². The van der Waals surface area contributed by atoms with E-state index in [4.69, 9.17) is 28.3 Å². The summed E-state index contributed by atoms with van der Waals surface area (Å²) in [5.41, 5.74) is 1.90. The van der Waals surface area contributed by atoms with Crippen LogP contribution in [0.25, 0.3) is 0 Å². The highest BCUT2D eigenvalue weighted by Gasteiger charge is 2.50. The minimum Gasteiger partial charge on any atom is -0.293 e. The van der Waals surface area contributed by atoms with Gasteiger partial charge in [0, 0.05) is 10.9 Å². The van der Waals surface area contributed by atoms with Crippen LogP contribution < -0.4 is 5.01 Å². The van der Waals surface area contributed by atoms with Crippen molar-refractivity contribution in [3.8, 4) is 0 Å². The van der Waals surface area contributed by atoms with Crippen LogP contribution in [0.1, 0.15) is 30.0 Å². The van der Waals surface area contributed by atoms with Crippen LogP contribution in [0, 0.1) is 5.92 Å². The molecule has 6 rings (SSSR count). The number of hydrogen-bond acceptors (Lipinski definition) is 3. The molecule has 3 fully saturated rings. The first-order valence-electron chi connectivity index (χ1n) is 9.57. The average molecular weight is 440 g/mol. The van der Waals surface area contributed by atoms with E-state index >= 15 is 0 Å². The smallest absolute Gasteiger partial charge is 0.293 e. The maximum atomic E-state index is 13.1. The van der Waals surface area contributed by atoms with E-state index in [2.05, 4.69) is 4.90 Å². The Bertz CT molecular complexity index is 966. The van der Waals surface area contributed by atoms with Crippen molar-refractivity contribution in [3.05, 3.63) is 63.6 Å². The second-order valence-corrected chi connectivity index (χ2v) is 8.63. The minimum atomic E-state index is -4.36. The summed E-state index contributed by atoms with van der Waals surface area (Å²) in [5.74, 6) is 0.407. The van der Waals surface area contributed by atoms with Crippen LogP contribution in [0.4, 0.5) is 18.9 Å². The van der Waals surface area contributed by atoms with Gasteiger partial charge in [0.25, 0.3) is 0 Å². The number of benzene rings is 2. The van der Waals surface area contributed by atoms with Crippen LogP contribution in [0.5, 0.6) is 0 Å². The molecule has 0 aromatic heterocycles. The van der Waals surface area contributed by atoms with Crippen molar-refractivity contribution in [2.24, 2.45) is 11.0 Å². The van der Waals surface area contributed by atoms with Crippen LogP contribution in [0.15, 0.2) is 47.6 Å². The summed E-state index contributed by atoms with van der Waals surface area (Å²) >= 11 is 12.7. The fourth-order valence-corrected chi connectivity index (χ4v) is 5.15. The molecule has 29 heavy (non-hydrogen) atoms. The molecule has 0 amide bonds. The van der Waals surface area contributed by atoms with E-state index in [0.29, 0.717) is 21.7 Å². The molecule has 4 aliphatic rings. The third-order valence-corrected chi connectivity index (χ3v) is 6.72. The molecule has 0 saturated carbocycles. The Labute approximate surface area is 176 Å². The van der Waals surface area contributed by atoms with E-state index < -0.39 is 11.7 Å². The van der Waals surface area contributed by atoms with Crippen molar-refractivity contribution in [1.82, 2.24) is 4.90 Å². The summed E-state index contributed by atoms with van der Waals surface area (Å²) in [5, 5.41) is 7.84. The molecule has 0 spiro atoms. The zero-order valence-corrected chi connectivity index (χ0v) is 16.8. The summed E-state index contributed by atoms with van der Waals surface area (Å²) < 4.78 is 39.2. The first kappa shape index (κ1) is 19.2. The van der Waals surface area contributed by atoms with Crippen molar-refractivity contribution in [3.63, 3.8) is 0 Å². The summed E-state index contributed by atoms with van der Waals surface area (Å²) in [6.45, 7) is 1.95. The van der Waals surface area contributed by atoms with Crippen molar-refractivity contribution < 1.29 is 13.2 Å². The number of hydrogen-bond donors (Lipinski definition) is 0. The van der Waals surface area contributed by atoms with Gasteiger partial charge in [-0.1, -0.05) is 35.3 Å². The zero-order chi connectivity index (χ0) is 20.3. The summed E-state index contributed by atoms with van der Waals surface area (Å²) in [6.07, 6.45) is -2.24. The third-order valence-electron chi connectivity index (χ3n) is 6.16. The summed E-state index contributed by atoms with van der Waals surface area (Å²) in [4.78, 5) is 2.39. The second-order valence-electron chi connectivity index (χ2n) is 7.78. The van der Waals surface area contributed by atoms with Gasteiger partial charge in [-0.2, -0.15) is 18.3 Å². The quantitative estimate of drug-likeness (QED) is 0.569. The molecular weight excluding hydrogens is 422 g/mol. The number of fused-ring (bicyclic) bond motifs is 2. The molecule has 4 aliphatic heterocycles. The van der Waals surface area contributed by atoms with Gasteiger partial charge in [-0.3, -0.25) is 9.91 Å². The lowest BCUT2D eigenvalue weighted by molar-refractivity contribution is -0.137. The van der Waals surface area contributed by atoms with Crippen molar-refractivity contribution in [2.75, 3.05) is 18.1 Å². The number of anilines is 1. The van der Waals surface area contributed by atoms with Crippen molar-refractivity contribution in [2.45, 2.75) is 31.1 Å². The molecule has 4 heterocycles. The van der Waals surface area contributed by atoms with Gasteiger partial charge in [0.15, 0.2) is 0 Å². The van der Waals surface area contributed by atoms with Gasteiger partial charge in [-0.05, 0) is 61.8 Å². The Morgan fingerprint density at radius 1 is 0.931 bits per heavy atom. The minimum absolute atomic E-state index is 0.0364. The van der Waals surface area contributed by atoms with Gasteiger partial charge in [0.05, 0.1) is 34.1 Å². The lowest BCUT2D eigenvalue weighted by Crippen LogP contribution is -2.56.